The zero-order chi connectivity index (χ0) is 19.1. The van der Waals surface area contributed by atoms with Gasteiger partial charge in [-0.25, -0.2) is 14.4 Å². The van der Waals surface area contributed by atoms with Gasteiger partial charge in [0.15, 0.2) is 0 Å². The number of carbonyl (C=O) groups excluding carboxylic acids is 1. The number of nitrogens with zero attached hydrogens (tertiary/aromatic N) is 2. The summed E-state index contributed by atoms with van der Waals surface area (Å²) < 4.78 is 18.5. The number of alkyl halides is 1. The summed E-state index contributed by atoms with van der Waals surface area (Å²) in [4.78, 5) is 20.5. The molecule has 3 N–H and O–H groups in total. The number of fused-ring (bicyclic) bond motifs is 1. The highest BCUT2D eigenvalue weighted by atomic mass is 19.1. The van der Waals surface area contributed by atoms with Gasteiger partial charge in [0.1, 0.15) is 12.0 Å². The molecular weight excluding hydrogens is 347 g/mol. The molecule has 0 bridgehead atoms. The van der Waals surface area contributed by atoms with E-state index in [1.54, 1.807) is 25.6 Å². The van der Waals surface area contributed by atoms with Crippen LogP contribution >= 0.6 is 0 Å². The number of benzene rings is 1. The first-order valence-corrected chi connectivity index (χ1v) is 8.62. The molecule has 2 atom stereocenters. The molecule has 3 aromatic rings. The second-order valence-corrected chi connectivity index (χ2v) is 6.72. The van der Waals surface area contributed by atoms with Gasteiger partial charge in [-0.1, -0.05) is 0 Å². The smallest absolute Gasteiger partial charge is 0.231 e. The first kappa shape index (κ1) is 17.2. The van der Waals surface area contributed by atoms with Crippen LogP contribution in [0, 0.1) is 12.8 Å². The van der Waals surface area contributed by atoms with Crippen LogP contribution in [-0.4, -0.2) is 29.2 Å². The summed E-state index contributed by atoms with van der Waals surface area (Å²) in [6, 6.07) is 7.44. The molecule has 0 radical (unpaired) electrons. The van der Waals surface area contributed by atoms with Crippen LogP contribution in [0.25, 0.3) is 21.9 Å². The number of halogens is 1. The van der Waals surface area contributed by atoms with E-state index >= 15 is 0 Å². The number of nitrogens with two attached hydrogens (primary N) is 1. The highest BCUT2D eigenvalue weighted by Gasteiger charge is 2.43. The van der Waals surface area contributed by atoms with Crippen molar-refractivity contribution in [1.29, 1.82) is 0 Å². The van der Waals surface area contributed by atoms with Crippen molar-refractivity contribution in [2.24, 2.45) is 5.92 Å². The minimum Gasteiger partial charge on any atom is -0.481 e. The average Bonchev–Trinajstić information content (AvgIpc) is 3.38. The van der Waals surface area contributed by atoms with Gasteiger partial charge >= 0.3 is 0 Å². The number of pyridine rings is 2. The van der Waals surface area contributed by atoms with E-state index in [0.717, 1.165) is 27.5 Å². The van der Waals surface area contributed by atoms with E-state index in [1.165, 1.54) is 0 Å². The van der Waals surface area contributed by atoms with Crippen LogP contribution < -0.4 is 15.8 Å². The first-order valence-electron chi connectivity index (χ1n) is 8.62. The molecule has 0 unspecified atom stereocenters. The summed E-state index contributed by atoms with van der Waals surface area (Å²) in [7, 11) is 1.57. The number of hydrogen-bond donors (Lipinski definition) is 2. The summed E-state index contributed by atoms with van der Waals surface area (Å²) in [5.74, 6) is -0.0264. The number of anilines is 2. The predicted molar refractivity (Wildman–Crippen MR) is 102 cm³/mol. The van der Waals surface area contributed by atoms with Crippen molar-refractivity contribution in [2.75, 3.05) is 18.2 Å². The first-order chi connectivity index (χ1) is 13.0. The Bertz CT molecular complexity index is 1050. The highest BCUT2D eigenvalue weighted by molar-refractivity contribution is 6.00. The number of nitrogen functional groups attached to an aromatic ring is 1. The van der Waals surface area contributed by atoms with E-state index in [4.69, 9.17) is 10.5 Å². The molecule has 6 nitrogen and oxygen atoms in total. The fraction of sp³-hybridized carbons (Fsp3) is 0.250. The van der Waals surface area contributed by atoms with E-state index in [0.29, 0.717) is 17.4 Å². The summed E-state index contributed by atoms with van der Waals surface area (Å²) in [5, 5.41) is 4.25. The lowest BCUT2D eigenvalue weighted by molar-refractivity contribution is -0.117. The molecule has 2 aromatic heterocycles. The van der Waals surface area contributed by atoms with Crippen molar-refractivity contribution >= 4 is 28.2 Å². The Morgan fingerprint density at radius 2 is 2.11 bits per heavy atom. The predicted octanol–water partition coefficient (Wildman–Crippen LogP) is 3.49. The number of aryl methyl sites for hydroxylation is 1. The molecule has 138 valence electrons. The molecule has 1 aliphatic carbocycles. The molecule has 4 rings (SSSR count). The fourth-order valence-corrected chi connectivity index (χ4v) is 3.19. The van der Waals surface area contributed by atoms with Crippen molar-refractivity contribution in [3.63, 3.8) is 0 Å². The van der Waals surface area contributed by atoms with Crippen LogP contribution in [0.1, 0.15) is 12.0 Å². The zero-order valence-electron chi connectivity index (χ0n) is 15.0. The maximum atomic E-state index is 13.1. The van der Waals surface area contributed by atoms with Crippen molar-refractivity contribution < 1.29 is 13.9 Å². The molecule has 2 heterocycles. The standard InChI is InChI=1S/C20H19FN4O2/c1-10-3-4-23-20(27-2)18(10)12-5-11-7-17(24-9-14(11)16(22)6-12)25-19(26)13-8-15(13)21/h3-7,9,13,15H,8,22H2,1-2H3,(H,24,25,26)/t13-,15+/m0/s1. The van der Waals surface area contributed by atoms with Crippen molar-refractivity contribution in [1.82, 2.24) is 9.97 Å². The van der Waals surface area contributed by atoms with E-state index < -0.39 is 12.1 Å². The number of aromatic nitrogens is 2. The minimum atomic E-state index is -1.05. The largest absolute Gasteiger partial charge is 0.481 e. The quantitative estimate of drug-likeness (QED) is 0.690. The van der Waals surface area contributed by atoms with E-state index in [2.05, 4.69) is 15.3 Å². The van der Waals surface area contributed by atoms with Crippen LogP contribution in [0.5, 0.6) is 5.88 Å². The molecule has 0 saturated heterocycles. The SMILES string of the molecule is COc1nccc(C)c1-c1cc(N)c2cnc(NC(=O)[C@H]3C[C@H]3F)cc2c1. The Labute approximate surface area is 155 Å². The van der Waals surface area contributed by atoms with Crippen LogP contribution in [-0.2, 0) is 4.79 Å². The highest BCUT2D eigenvalue weighted by Crippen LogP contribution is 2.37. The number of ether oxygens (including phenoxy) is 1. The third kappa shape index (κ3) is 3.16. The number of carbonyl (C=O) groups is 1. The Hall–Kier alpha value is -3.22. The molecule has 0 spiro atoms. The molecule has 1 aromatic carbocycles. The molecule has 7 heteroatoms. The summed E-state index contributed by atoms with van der Waals surface area (Å²) in [6.45, 7) is 1.97. The molecule has 1 amide bonds. The van der Waals surface area contributed by atoms with Crippen molar-refractivity contribution in [2.45, 2.75) is 19.5 Å². The number of hydrogen-bond acceptors (Lipinski definition) is 5. The Balaban J connectivity index is 1.77. The molecule has 0 aliphatic heterocycles. The molecule has 27 heavy (non-hydrogen) atoms. The Morgan fingerprint density at radius 1 is 1.33 bits per heavy atom. The summed E-state index contributed by atoms with van der Waals surface area (Å²) in [5.41, 5.74) is 9.50. The minimum absolute atomic E-state index is 0.274. The van der Waals surface area contributed by atoms with Gasteiger partial charge in [0.25, 0.3) is 0 Å². The zero-order valence-corrected chi connectivity index (χ0v) is 15.0. The Morgan fingerprint density at radius 3 is 2.81 bits per heavy atom. The molecule has 1 saturated carbocycles. The third-order valence-electron chi connectivity index (χ3n) is 4.78. The normalized spacial score (nSPS) is 18.3. The molecular formula is C20H19FN4O2. The van der Waals surface area contributed by atoms with Gasteiger partial charge in [-0.2, -0.15) is 0 Å². The maximum absolute atomic E-state index is 13.1. The van der Waals surface area contributed by atoms with E-state index in [9.17, 15) is 9.18 Å². The van der Waals surface area contributed by atoms with E-state index in [-0.39, 0.29) is 12.3 Å². The number of nitrogens with one attached hydrogen (secondary N) is 1. The lowest BCUT2D eigenvalue weighted by Crippen LogP contribution is -2.15. The van der Waals surface area contributed by atoms with Gasteiger partial charge in [-0.15, -0.1) is 0 Å². The summed E-state index contributed by atoms with van der Waals surface area (Å²) in [6.07, 6.45) is 2.53. The Kier molecular flexibility index (Phi) is 4.14. The lowest BCUT2D eigenvalue weighted by atomic mass is 9.98. The van der Waals surface area contributed by atoms with Gasteiger partial charge in [0, 0.05) is 29.0 Å². The van der Waals surface area contributed by atoms with Crippen LogP contribution in [0.15, 0.2) is 36.7 Å². The molecule has 1 aliphatic rings. The number of rotatable bonds is 4. The lowest BCUT2D eigenvalue weighted by Gasteiger charge is -2.13. The number of amides is 1. The summed E-state index contributed by atoms with van der Waals surface area (Å²) >= 11 is 0. The van der Waals surface area contributed by atoms with Gasteiger partial charge in [0.2, 0.25) is 11.8 Å². The average molecular weight is 366 g/mol. The van der Waals surface area contributed by atoms with E-state index in [1.807, 2.05) is 25.1 Å². The monoisotopic (exact) mass is 366 g/mol. The van der Waals surface area contributed by atoms with Gasteiger partial charge < -0.3 is 15.8 Å². The van der Waals surface area contributed by atoms with Gasteiger partial charge in [0.05, 0.1) is 13.0 Å². The second-order valence-electron chi connectivity index (χ2n) is 6.72. The second kappa shape index (κ2) is 6.50. The number of methoxy groups -OCH3 is 1. The van der Waals surface area contributed by atoms with Crippen molar-refractivity contribution in [3.05, 3.63) is 42.2 Å². The van der Waals surface area contributed by atoms with Gasteiger partial charge in [-0.05, 0) is 54.1 Å². The topological polar surface area (TPSA) is 90.1 Å². The fourth-order valence-electron chi connectivity index (χ4n) is 3.19. The van der Waals surface area contributed by atoms with Gasteiger partial charge in [-0.3, -0.25) is 4.79 Å². The van der Waals surface area contributed by atoms with Crippen LogP contribution in [0.3, 0.4) is 0 Å². The van der Waals surface area contributed by atoms with Crippen LogP contribution in [0.2, 0.25) is 0 Å². The third-order valence-corrected chi connectivity index (χ3v) is 4.78. The van der Waals surface area contributed by atoms with Crippen molar-refractivity contribution in [3.8, 4) is 17.0 Å². The molecule has 1 fully saturated rings. The maximum Gasteiger partial charge on any atom is 0.231 e. The van der Waals surface area contributed by atoms with Crippen LogP contribution in [0.4, 0.5) is 15.9 Å².